The van der Waals surface area contributed by atoms with Gasteiger partial charge in [-0.05, 0) is 70.6 Å². The molecule has 0 aliphatic heterocycles. The molecule has 1 N–H and O–H groups in total. The van der Waals surface area contributed by atoms with Crippen molar-refractivity contribution in [3.8, 4) is 0 Å². The quantitative estimate of drug-likeness (QED) is 0.0378. The number of rotatable bonds is 46. The van der Waals surface area contributed by atoms with Gasteiger partial charge in [0, 0.05) is 13.0 Å². The molecule has 4 heteroatoms. The van der Waals surface area contributed by atoms with E-state index in [1.54, 1.807) is 0 Å². The third-order valence-corrected chi connectivity index (χ3v) is 10.7. The van der Waals surface area contributed by atoms with Crippen LogP contribution in [-0.4, -0.2) is 37.0 Å². The maximum absolute atomic E-state index is 12.3. The lowest BCUT2D eigenvalue weighted by Crippen LogP contribution is -2.27. The van der Waals surface area contributed by atoms with Crippen LogP contribution >= 0.6 is 0 Å². The van der Waals surface area contributed by atoms with Crippen molar-refractivity contribution in [1.29, 1.82) is 0 Å². The summed E-state index contributed by atoms with van der Waals surface area (Å²) < 4.78 is 11.2. The van der Waals surface area contributed by atoms with Gasteiger partial charge in [0.25, 0.3) is 0 Å². The molecular formula is C55H96O4. The summed E-state index contributed by atoms with van der Waals surface area (Å²) >= 11 is 0. The van der Waals surface area contributed by atoms with Crippen molar-refractivity contribution in [3.63, 3.8) is 0 Å². The van der Waals surface area contributed by atoms with E-state index in [1.807, 2.05) is 0 Å². The average molecular weight is 821 g/mol. The highest BCUT2D eigenvalue weighted by Crippen LogP contribution is 2.16. The minimum Gasteiger partial charge on any atom is -0.457 e. The number of allylic oxidation sites excluding steroid dienone is 14. The van der Waals surface area contributed by atoms with Crippen LogP contribution in [0.1, 0.15) is 232 Å². The van der Waals surface area contributed by atoms with Crippen LogP contribution < -0.4 is 0 Å². The number of aliphatic hydroxyl groups is 1. The number of esters is 1. The summed E-state index contributed by atoms with van der Waals surface area (Å²) in [5.41, 5.74) is 0. The fourth-order valence-corrected chi connectivity index (χ4v) is 7.02. The zero-order chi connectivity index (χ0) is 42.6. The van der Waals surface area contributed by atoms with Gasteiger partial charge in [0.15, 0.2) is 0 Å². The first-order valence-electron chi connectivity index (χ1n) is 25.2. The molecule has 0 aliphatic rings. The van der Waals surface area contributed by atoms with Crippen LogP contribution in [0.5, 0.6) is 0 Å². The van der Waals surface area contributed by atoms with Gasteiger partial charge in [-0.1, -0.05) is 240 Å². The largest absolute Gasteiger partial charge is 0.457 e. The monoisotopic (exact) mass is 821 g/mol. The first kappa shape index (κ1) is 56.6. The van der Waals surface area contributed by atoms with E-state index in [4.69, 9.17) is 9.47 Å². The van der Waals surface area contributed by atoms with Crippen LogP contribution in [0.15, 0.2) is 85.1 Å². The third kappa shape index (κ3) is 49.8. The molecule has 0 aromatic carbocycles. The number of unbranched alkanes of at least 4 members (excludes halogenated alkanes) is 24. The molecule has 59 heavy (non-hydrogen) atoms. The lowest BCUT2D eigenvalue weighted by molar-refractivity contribution is -0.154. The van der Waals surface area contributed by atoms with Crippen molar-refractivity contribution in [2.45, 2.75) is 238 Å². The van der Waals surface area contributed by atoms with E-state index in [1.165, 1.54) is 135 Å². The molecule has 0 saturated heterocycles. The molecule has 1 unspecified atom stereocenters. The predicted molar refractivity (Wildman–Crippen MR) is 260 cm³/mol. The van der Waals surface area contributed by atoms with Crippen LogP contribution in [0, 0.1) is 0 Å². The normalized spacial score (nSPS) is 13.1. The molecule has 0 saturated carbocycles. The van der Waals surface area contributed by atoms with Gasteiger partial charge in [-0.25, -0.2) is 0 Å². The lowest BCUT2D eigenvalue weighted by Gasteiger charge is -2.15. The smallest absolute Gasteiger partial charge is 0.306 e. The van der Waals surface area contributed by atoms with Crippen molar-refractivity contribution in [1.82, 2.24) is 0 Å². The Balaban J connectivity index is 3.51. The standard InChI is InChI=1S/C55H96O4/c1-3-5-7-9-11-13-15-17-19-21-23-25-27-29-31-33-35-37-39-41-43-45-47-49-51-58-53-54(52-56)59-55(57)50-48-46-44-42-40-38-36-34-32-30-28-26-24-22-20-18-16-14-12-10-8-6-4-2/h5,7,11,13,17,19,23,25,29,31,35,37,41,43,54,56H,3-4,6,8-10,12,14-16,18,20-22,24,26-28,30,32-34,36,38-40,42,44-53H2,1-2H3/b7-5-,13-11-,19-17-,25-23-,31-29-,37-35-,43-41-. The van der Waals surface area contributed by atoms with Crippen molar-refractivity contribution < 1.29 is 19.4 Å². The molecule has 0 bridgehead atoms. The van der Waals surface area contributed by atoms with E-state index in [2.05, 4.69) is 98.9 Å². The molecule has 0 spiro atoms. The molecule has 0 amide bonds. The lowest BCUT2D eigenvalue weighted by atomic mass is 10.0. The van der Waals surface area contributed by atoms with Gasteiger partial charge in [-0.2, -0.15) is 0 Å². The topological polar surface area (TPSA) is 55.8 Å². The van der Waals surface area contributed by atoms with E-state index in [9.17, 15) is 9.90 Å². The SMILES string of the molecule is CC/C=C\C/C=C\C/C=C\C/C=C\C/C=C\C/C=C\C/C=C\CCCCOCC(CO)OC(=O)CCCCCCCCCCCCCCCCCCCCCCCCC. The third-order valence-electron chi connectivity index (χ3n) is 10.7. The molecular weight excluding hydrogens is 725 g/mol. The molecule has 0 rings (SSSR count). The van der Waals surface area contributed by atoms with Crippen LogP contribution in [-0.2, 0) is 14.3 Å². The second kappa shape index (κ2) is 51.7. The minimum atomic E-state index is -0.562. The van der Waals surface area contributed by atoms with Crippen molar-refractivity contribution >= 4 is 5.97 Å². The van der Waals surface area contributed by atoms with Crippen molar-refractivity contribution in [3.05, 3.63) is 85.1 Å². The highest BCUT2D eigenvalue weighted by Gasteiger charge is 2.13. The zero-order valence-corrected chi connectivity index (χ0v) is 39.0. The second-order valence-electron chi connectivity index (χ2n) is 16.5. The van der Waals surface area contributed by atoms with E-state index < -0.39 is 6.10 Å². The van der Waals surface area contributed by atoms with Gasteiger partial charge < -0.3 is 14.6 Å². The van der Waals surface area contributed by atoms with Gasteiger partial charge >= 0.3 is 5.97 Å². The zero-order valence-electron chi connectivity index (χ0n) is 39.0. The van der Waals surface area contributed by atoms with E-state index >= 15 is 0 Å². The van der Waals surface area contributed by atoms with Gasteiger partial charge in [-0.15, -0.1) is 0 Å². The molecule has 4 nitrogen and oxygen atoms in total. The number of carbonyl (C=O) groups is 1. The molecule has 0 radical (unpaired) electrons. The molecule has 0 fully saturated rings. The Labute approximate surface area is 367 Å². The van der Waals surface area contributed by atoms with Gasteiger partial charge in [0.05, 0.1) is 13.2 Å². The first-order valence-corrected chi connectivity index (χ1v) is 25.2. The van der Waals surface area contributed by atoms with Crippen LogP contribution in [0.4, 0.5) is 0 Å². The summed E-state index contributed by atoms with van der Waals surface area (Å²) in [7, 11) is 0. The summed E-state index contributed by atoms with van der Waals surface area (Å²) in [6.45, 7) is 5.15. The fourth-order valence-electron chi connectivity index (χ4n) is 7.02. The van der Waals surface area contributed by atoms with Gasteiger partial charge in [-0.3, -0.25) is 4.79 Å². The summed E-state index contributed by atoms with van der Waals surface area (Å²) in [6, 6.07) is 0. The Bertz CT molecular complexity index is 1050. The number of carbonyl (C=O) groups excluding carboxylic acids is 1. The number of hydrogen-bond donors (Lipinski definition) is 1. The minimum absolute atomic E-state index is 0.192. The highest BCUT2D eigenvalue weighted by atomic mass is 16.6. The van der Waals surface area contributed by atoms with Gasteiger partial charge in [0.1, 0.15) is 6.10 Å². The van der Waals surface area contributed by atoms with Crippen LogP contribution in [0.3, 0.4) is 0 Å². The summed E-state index contributed by atoms with van der Waals surface area (Å²) in [4.78, 5) is 12.3. The Morgan fingerprint density at radius 1 is 0.424 bits per heavy atom. The Morgan fingerprint density at radius 2 is 0.763 bits per heavy atom. The van der Waals surface area contributed by atoms with Gasteiger partial charge in [0.2, 0.25) is 0 Å². The average Bonchev–Trinajstić information content (AvgIpc) is 3.24. The molecule has 0 aromatic heterocycles. The predicted octanol–water partition coefficient (Wildman–Crippen LogP) is 17.1. The summed E-state index contributed by atoms with van der Waals surface area (Å²) in [5, 5.41) is 9.64. The number of hydrogen-bond acceptors (Lipinski definition) is 4. The fraction of sp³-hybridized carbons (Fsp3) is 0.727. The maximum atomic E-state index is 12.3. The molecule has 0 aromatic rings. The number of aliphatic hydroxyl groups excluding tert-OH is 1. The molecule has 1 atom stereocenters. The summed E-state index contributed by atoms with van der Waals surface area (Å²) in [5.74, 6) is -0.215. The molecule has 0 heterocycles. The molecule has 340 valence electrons. The van der Waals surface area contributed by atoms with Crippen LogP contribution in [0.25, 0.3) is 0 Å². The second-order valence-corrected chi connectivity index (χ2v) is 16.5. The highest BCUT2D eigenvalue weighted by molar-refractivity contribution is 5.69. The maximum Gasteiger partial charge on any atom is 0.306 e. The van der Waals surface area contributed by atoms with E-state index in [0.29, 0.717) is 13.0 Å². The van der Waals surface area contributed by atoms with Crippen molar-refractivity contribution in [2.75, 3.05) is 19.8 Å². The van der Waals surface area contributed by atoms with Crippen LogP contribution in [0.2, 0.25) is 0 Å². The van der Waals surface area contributed by atoms with Crippen molar-refractivity contribution in [2.24, 2.45) is 0 Å². The number of ether oxygens (including phenoxy) is 2. The first-order chi connectivity index (χ1) is 29.2. The molecule has 0 aliphatic carbocycles. The van der Waals surface area contributed by atoms with E-state index in [-0.39, 0.29) is 19.2 Å². The van der Waals surface area contributed by atoms with E-state index in [0.717, 1.165) is 77.0 Å². The Kier molecular flexibility index (Phi) is 49.6. The summed E-state index contributed by atoms with van der Waals surface area (Å²) in [6.07, 6.45) is 72.5. The Morgan fingerprint density at radius 3 is 1.12 bits per heavy atom. The Hall–Kier alpha value is -2.43.